The molecule has 0 radical (unpaired) electrons. The zero-order valence-electron chi connectivity index (χ0n) is 22.4. The second-order valence-corrected chi connectivity index (χ2v) is 16.0. The number of aromatic nitrogens is 1. The standard InChI is InChI=1S/C27H41N3O4SSi/c1-7-36(8-2,9-3)34-27(22-11-10-12-23(17-22)30-35(6,31)32)19-28-15-16-33-24-13-14-25-20(4)21(5)29-26(25)18-24/h10-14,17-18,27-30H,7-9,15-16,19H2,1-6H3/t27-/m0/s1. The van der Waals surface area contributed by atoms with Crippen LogP contribution >= 0.6 is 0 Å². The van der Waals surface area contributed by atoms with E-state index in [1.807, 2.05) is 30.3 Å². The van der Waals surface area contributed by atoms with Crippen molar-refractivity contribution >= 4 is 34.9 Å². The average Bonchev–Trinajstić information content (AvgIpc) is 3.13. The lowest BCUT2D eigenvalue weighted by atomic mass is 10.1. The van der Waals surface area contributed by atoms with Gasteiger partial charge in [-0.2, -0.15) is 0 Å². The highest BCUT2D eigenvalue weighted by Gasteiger charge is 2.32. The van der Waals surface area contributed by atoms with Gasteiger partial charge in [-0.05, 0) is 67.4 Å². The Morgan fingerprint density at radius 2 is 1.75 bits per heavy atom. The topological polar surface area (TPSA) is 92.4 Å². The fourth-order valence-corrected chi connectivity index (χ4v) is 7.94. The van der Waals surface area contributed by atoms with Crippen LogP contribution in [-0.4, -0.2) is 47.7 Å². The molecule has 7 nitrogen and oxygen atoms in total. The summed E-state index contributed by atoms with van der Waals surface area (Å²) in [4.78, 5) is 3.41. The molecule has 0 unspecified atom stereocenters. The Morgan fingerprint density at radius 3 is 2.42 bits per heavy atom. The molecule has 1 atom stereocenters. The van der Waals surface area contributed by atoms with E-state index < -0.39 is 18.3 Å². The van der Waals surface area contributed by atoms with E-state index in [4.69, 9.17) is 9.16 Å². The van der Waals surface area contributed by atoms with Crippen molar-refractivity contribution in [2.24, 2.45) is 0 Å². The van der Waals surface area contributed by atoms with Crippen molar-refractivity contribution in [2.75, 3.05) is 30.7 Å². The van der Waals surface area contributed by atoms with Gasteiger partial charge in [0.05, 0.1) is 12.4 Å². The minimum Gasteiger partial charge on any atom is -0.492 e. The Morgan fingerprint density at radius 1 is 1.03 bits per heavy atom. The second kappa shape index (κ2) is 12.3. The summed E-state index contributed by atoms with van der Waals surface area (Å²) in [6.45, 7) is 12.7. The van der Waals surface area contributed by atoms with E-state index in [9.17, 15) is 8.42 Å². The number of benzene rings is 2. The number of aryl methyl sites for hydroxylation is 2. The SMILES string of the molecule is CC[Si](CC)(CC)O[C@@H](CNCCOc1ccc2c(C)c(C)[nH]c2c1)c1cccc(NS(C)(=O)=O)c1. The van der Waals surface area contributed by atoms with Crippen molar-refractivity contribution in [3.8, 4) is 5.75 Å². The van der Waals surface area contributed by atoms with Crippen LogP contribution in [0.4, 0.5) is 5.69 Å². The van der Waals surface area contributed by atoms with Crippen LogP contribution in [0.5, 0.6) is 5.75 Å². The van der Waals surface area contributed by atoms with Crippen LogP contribution in [-0.2, 0) is 14.4 Å². The van der Waals surface area contributed by atoms with Gasteiger partial charge in [0.2, 0.25) is 10.0 Å². The molecule has 0 saturated heterocycles. The number of hydrogen-bond donors (Lipinski definition) is 3. The molecule has 3 N–H and O–H groups in total. The number of H-pyrrole nitrogens is 1. The summed E-state index contributed by atoms with van der Waals surface area (Å²) in [6.07, 6.45) is 0.993. The van der Waals surface area contributed by atoms with Gasteiger partial charge in [0.1, 0.15) is 12.4 Å². The van der Waals surface area contributed by atoms with Crippen molar-refractivity contribution in [2.45, 2.75) is 58.9 Å². The predicted octanol–water partition coefficient (Wildman–Crippen LogP) is 5.89. The molecule has 0 saturated carbocycles. The van der Waals surface area contributed by atoms with E-state index in [-0.39, 0.29) is 6.10 Å². The van der Waals surface area contributed by atoms with Gasteiger partial charge in [0.15, 0.2) is 8.32 Å². The van der Waals surface area contributed by atoms with Gasteiger partial charge in [-0.15, -0.1) is 0 Å². The molecule has 2 aromatic carbocycles. The van der Waals surface area contributed by atoms with Crippen molar-refractivity contribution < 1.29 is 17.6 Å². The Kier molecular flexibility index (Phi) is 9.63. The molecular formula is C27H41N3O4SSi. The molecule has 3 aromatic rings. The summed E-state index contributed by atoms with van der Waals surface area (Å²) in [7, 11) is -5.24. The lowest BCUT2D eigenvalue weighted by molar-refractivity contribution is 0.183. The fourth-order valence-electron chi connectivity index (χ4n) is 4.56. The normalized spacial score (nSPS) is 13.2. The number of ether oxygens (including phenoxy) is 1. The van der Waals surface area contributed by atoms with Gasteiger partial charge >= 0.3 is 0 Å². The summed E-state index contributed by atoms with van der Waals surface area (Å²) in [5.41, 5.74) is 5.05. The van der Waals surface area contributed by atoms with Crippen molar-refractivity contribution in [3.05, 3.63) is 59.3 Å². The molecular weight excluding hydrogens is 490 g/mol. The molecule has 1 aromatic heterocycles. The molecule has 0 aliphatic rings. The van der Waals surface area contributed by atoms with Gasteiger partial charge in [0.25, 0.3) is 0 Å². The third kappa shape index (κ3) is 7.35. The van der Waals surface area contributed by atoms with E-state index in [1.165, 1.54) is 16.6 Å². The molecule has 0 aliphatic heterocycles. The quantitative estimate of drug-likeness (QED) is 0.178. The third-order valence-corrected chi connectivity index (χ3v) is 12.3. The van der Waals surface area contributed by atoms with Gasteiger partial charge < -0.3 is 19.5 Å². The molecule has 9 heteroatoms. The number of fused-ring (bicyclic) bond motifs is 1. The first-order valence-corrected chi connectivity index (χ1v) is 17.2. The van der Waals surface area contributed by atoms with Crippen LogP contribution < -0.4 is 14.8 Å². The summed E-state index contributed by atoms with van der Waals surface area (Å²) in [5, 5.41) is 4.72. The number of anilines is 1. The lowest BCUT2D eigenvalue weighted by Crippen LogP contribution is -2.40. The molecule has 3 rings (SSSR count). The zero-order chi connectivity index (χ0) is 26.3. The summed E-state index contributed by atoms with van der Waals surface area (Å²) >= 11 is 0. The number of hydrogen-bond acceptors (Lipinski definition) is 5. The highest BCUT2D eigenvalue weighted by atomic mass is 32.2. The van der Waals surface area contributed by atoms with E-state index in [2.05, 4.69) is 55.7 Å². The maximum absolute atomic E-state index is 11.7. The van der Waals surface area contributed by atoms with E-state index >= 15 is 0 Å². The fraction of sp³-hybridized carbons (Fsp3) is 0.481. The van der Waals surface area contributed by atoms with Gasteiger partial charge in [0, 0.05) is 41.4 Å². The highest BCUT2D eigenvalue weighted by molar-refractivity contribution is 7.92. The smallest absolute Gasteiger partial charge is 0.229 e. The van der Waals surface area contributed by atoms with Crippen LogP contribution in [0.1, 0.15) is 43.7 Å². The number of rotatable bonds is 14. The van der Waals surface area contributed by atoms with E-state index in [0.29, 0.717) is 25.4 Å². The first-order chi connectivity index (χ1) is 17.1. The molecule has 198 valence electrons. The van der Waals surface area contributed by atoms with Crippen LogP contribution in [0.15, 0.2) is 42.5 Å². The van der Waals surface area contributed by atoms with Gasteiger partial charge in [-0.25, -0.2) is 8.42 Å². The Labute approximate surface area is 217 Å². The van der Waals surface area contributed by atoms with Crippen molar-refractivity contribution in [3.63, 3.8) is 0 Å². The summed E-state index contributed by atoms with van der Waals surface area (Å²) < 4.78 is 38.9. The monoisotopic (exact) mass is 531 g/mol. The molecule has 0 aliphatic carbocycles. The third-order valence-electron chi connectivity index (χ3n) is 7.04. The molecule has 0 spiro atoms. The molecule has 0 bridgehead atoms. The lowest BCUT2D eigenvalue weighted by Gasteiger charge is -2.34. The van der Waals surface area contributed by atoms with Crippen LogP contribution in [0.2, 0.25) is 18.1 Å². The minimum absolute atomic E-state index is 0.168. The predicted molar refractivity (Wildman–Crippen MR) is 152 cm³/mol. The van der Waals surface area contributed by atoms with Crippen LogP contribution in [0.3, 0.4) is 0 Å². The maximum atomic E-state index is 11.7. The van der Waals surface area contributed by atoms with E-state index in [1.54, 1.807) is 6.07 Å². The first-order valence-electron chi connectivity index (χ1n) is 12.8. The molecule has 1 heterocycles. The van der Waals surface area contributed by atoms with Crippen molar-refractivity contribution in [1.29, 1.82) is 0 Å². The van der Waals surface area contributed by atoms with Crippen LogP contribution in [0.25, 0.3) is 10.9 Å². The number of aromatic amines is 1. The highest BCUT2D eigenvalue weighted by Crippen LogP contribution is 2.31. The van der Waals surface area contributed by atoms with Crippen LogP contribution in [0, 0.1) is 13.8 Å². The summed E-state index contributed by atoms with van der Waals surface area (Å²) in [5.74, 6) is 0.840. The molecule has 0 amide bonds. The van der Waals surface area contributed by atoms with Crippen molar-refractivity contribution in [1.82, 2.24) is 10.3 Å². The largest absolute Gasteiger partial charge is 0.492 e. The Hall–Kier alpha value is -2.33. The van der Waals surface area contributed by atoms with E-state index in [0.717, 1.165) is 41.2 Å². The Balaban J connectivity index is 1.66. The zero-order valence-corrected chi connectivity index (χ0v) is 24.2. The maximum Gasteiger partial charge on any atom is 0.229 e. The van der Waals surface area contributed by atoms with Gasteiger partial charge in [-0.1, -0.05) is 32.9 Å². The second-order valence-electron chi connectivity index (χ2n) is 9.48. The minimum atomic E-state index is -3.35. The number of sulfonamides is 1. The summed E-state index contributed by atoms with van der Waals surface area (Å²) in [6, 6.07) is 16.8. The Bertz CT molecular complexity index is 1250. The number of nitrogens with one attached hydrogen (secondary N) is 3. The first kappa shape index (κ1) is 28.2. The molecule has 36 heavy (non-hydrogen) atoms. The van der Waals surface area contributed by atoms with Gasteiger partial charge in [-0.3, -0.25) is 4.72 Å². The molecule has 0 fully saturated rings. The average molecular weight is 532 g/mol.